The minimum Gasteiger partial charge on any atom is -0.322 e. The third-order valence-corrected chi connectivity index (χ3v) is 4.97. The number of anilines is 1. The van der Waals surface area contributed by atoms with E-state index >= 15 is 0 Å². The minimum atomic E-state index is -0.143. The van der Waals surface area contributed by atoms with Gasteiger partial charge >= 0.3 is 0 Å². The third-order valence-electron chi connectivity index (χ3n) is 3.73. The number of benzene rings is 1. The number of hydrogen-bond acceptors (Lipinski definition) is 4. The molecule has 5 nitrogen and oxygen atoms in total. The van der Waals surface area contributed by atoms with E-state index in [1.54, 1.807) is 35.0 Å². The van der Waals surface area contributed by atoms with Gasteiger partial charge in [-0.25, -0.2) is 0 Å². The maximum Gasteiger partial charge on any atom is 0.260 e. The van der Waals surface area contributed by atoms with Crippen LogP contribution in [0.15, 0.2) is 53.9 Å². The van der Waals surface area contributed by atoms with Crippen molar-refractivity contribution in [3.05, 3.63) is 71.2 Å². The fourth-order valence-corrected chi connectivity index (χ4v) is 3.66. The lowest BCUT2D eigenvalue weighted by Gasteiger charge is -2.09. The molecule has 0 radical (unpaired) electrons. The average Bonchev–Trinajstić information content (AvgIpc) is 2.94. The van der Waals surface area contributed by atoms with Gasteiger partial charge in [-0.1, -0.05) is 6.07 Å². The van der Waals surface area contributed by atoms with Crippen LogP contribution in [0.3, 0.4) is 0 Å². The number of amides is 1. The smallest absolute Gasteiger partial charge is 0.260 e. The molecule has 0 unspecified atom stereocenters. The summed E-state index contributed by atoms with van der Waals surface area (Å²) in [5.74, 6) is 0.613. The quantitative estimate of drug-likeness (QED) is 0.706. The first-order valence-corrected chi connectivity index (χ1v) is 8.95. The topological polar surface area (TPSA) is 59.8 Å². The number of aryl methyl sites for hydroxylation is 3. The fraction of sp³-hybridized carbons (Fsp3) is 0.211. The second kappa shape index (κ2) is 7.53. The molecule has 3 rings (SSSR count). The summed E-state index contributed by atoms with van der Waals surface area (Å²) < 4.78 is 1.74. The molecule has 0 aliphatic carbocycles. The van der Waals surface area contributed by atoms with Gasteiger partial charge in [-0.3, -0.25) is 14.5 Å². The molecule has 0 fully saturated rings. The lowest BCUT2D eigenvalue weighted by atomic mass is 10.1. The van der Waals surface area contributed by atoms with Crippen LogP contribution in [0.4, 0.5) is 5.69 Å². The van der Waals surface area contributed by atoms with E-state index in [2.05, 4.69) is 21.5 Å². The zero-order valence-electron chi connectivity index (χ0n) is 14.5. The van der Waals surface area contributed by atoms with Crippen molar-refractivity contribution in [3.63, 3.8) is 0 Å². The molecule has 6 heteroatoms. The molecule has 2 aromatic heterocycles. The number of rotatable bonds is 5. The lowest BCUT2D eigenvalue weighted by Crippen LogP contribution is -2.13. The van der Waals surface area contributed by atoms with Gasteiger partial charge in [-0.2, -0.15) is 5.10 Å². The van der Waals surface area contributed by atoms with E-state index in [0.717, 1.165) is 33.2 Å². The van der Waals surface area contributed by atoms with Crippen molar-refractivity contribution in [1.29, 1.82) is 0 Å². The summed E-state index contributed by atoms with van der Waals surface area (Å²) in [4.78, 5) is 16.7. The van der Waals surface area contributed by atoms with Crippen LogP contribution < -0.4 is 5.32 Å². The zero-order valence-corrected chi connectivity index (χ0v) is 15.3. The second-order valence-electron chi connectivity index (χ2n) is 5.96. The first-order chi connectivity index (χ1) is 12.0. The molecule has 25 heavy (non-hydrogen) atoms. The third kappa shape index (κ3) is 4.28. The van der Waals surface area contributed by atoms with Gasteiger partial charge in [-0.05, 0) is 54.8 Å². The van der Waals surface area contributed by atoms with Crippen LogP contribution >= 0.6 is 11.8 Å². The summed E-state index contributed by atoms with van der Waals surface area (Å²) in [6.07, 6.45) is 5.16. The largest absolute Gasteiger partial charge is 0.322 e. The minimum absolute atomic E-state index is 0.143. The Morgan fingerprint density at radius 2 is 1.84 bits per heavy atom. The number of pyridine rings is 1. The number of nitrogens with one attached hydrogen (secondary N) is 1. The van der Waals surface area contributed by atoms with Crippen molar-refractivity contribution < 1.29 is 4.79 Å². The van der Waals surface area contributed by atoms with Gasteiger partial charge in [-0.15, -0.1) is 11.8 Å². The molecule has 128 valence electrons. The molecule has 1 aromatic carbocycles. The van der Waals surface area contributed by atoms with Gasteiger partial charge in [0.05, 0.1) is 11.8 Å². The summed E-state index contributed by atoms with van der Waals surface area (Å²) in [5, 5.41) is 8.07. The van der Waals surface area contributed by atoms with Crippen molar-refractivity contribution in [2.75, 3.05) is 5.32 Å². The van der Waals surface area contributed by atoms with Gasteiger partial charge in [0.1, 0.15) is 5.03 Å². The molecule has 2 heterocycles. The molecule has 0 aliphatic rings. The Balaban J connectivity index is 1.77. The maximum absolute atomic E-state index is 12.7. The van der Waals surface area contributed by atoms with Crippen molar-refractivity contribution in [3.8, 4) is 0 Å². The van der Waals surface area contributed by atoms with Crippen LogP contribution in [0.1, 0.15) is 27.0 Å². The van der Waals surface area contributed by atoms with Crippen molar-refractivity contribution >= 4 is 23.4 Å². The van der Waals surface area contributed by atoms with Gasteiger partial charge in [0.25, 0.3) is 5.91 Å². The number of nitrogens with zero attached hydrogens (tertiary/aromatic N) is 3. The SMILES string of the molecule is Cc1cc(C)cc(NC(=O)c2cnn(C)c2SCc2ccncc2)c1. The lowest BCUT2D eigenvalue weighted by molar-refractivity contribution is 0.102. The van der Waals surface area contributed by atoms with Crippen LogP contribution in [-0.4, -0.2) is 20.7 Å². The van der Waals surface area contributed by atoms with Gasteiger partial charge in [0, 0.05) is 30.9 Å². The van der Waals surface area contributed by atoms with Crippen LogP contribution in [-0.2, 0) is 12.8 Å². The number of carbonyl (C=O) groups excluding carboxylic acids is 1. The van der Waals surface area contributed by atoms with Crippen LogP contribution in [0, 0.1) is 13.8 Å². The van der Waals surface area contributed by atoms with Crippen LogP contribution in [0.2, 0.25) is 0 Å². The molecular weight excluding hydrogens is 332 g/mol. The number of aromatic nitrogens is 3. The number of hydrogen-bond donors (Lipinski definition) is 1. The summed E-state index contributed by atoms with van der Waals surface area (Å²) in [6.45, 7) is 4.03. The highest BCUT2D eigenvalue weighted by molar-refractivity contribution is 7.98. The first-order valence-electron chi connectivity index (χ1n) is 7.96. The number of thioether (sulfide) groups is 1. The predicted molar refractivity (Wildman–Crippen MR) is 101 cm³/mol. The predicted octanol–water partition coefficient (Wildman–Crippen LogP) is 3.98. The highest BCUT2D eigenvalue weighted by Gasteiger charge is 2.17. The summed E-state index contributed by atoms with van der Waals surface area (Å²) >= 11 is 1.59. The van der Waals surface area contributed by atoms with Crippen LogP contribution in [0.25, 0.3) is 0 Å². The Kier molecular flexibility index (Phi) is 5.19. The maximum atomic E-state index is 12.7. The van der Waals surface area contributed by atoms with Crippen molar-refractivity contribution in [2.24, 2.45) is 7.05 Å². The molecule has 3 aromatic rings. The Morgan fingerprint density at radius 3 is 2.52 bits per heavy atom. The standard InChI is InChI=1S/C19H20N4OS/c1-13-8-14(2)10-16(9-13)22-18(24)17-11-21-23(3)19(17)25-12-15-4-6-20-7-5-15/h4-11H,12H2,1-3H3,(H,22,24). The van der Waals surface area contributed by atoms with Gasteiger partial charge in [0.2, 0.25) is 0 Å². The Bertz CT molecular complexity index is 869. The summed E-state index contributed by atoms with van der Waals surface area (Å²) in [7, 11) is 1.85. The average molecular weight is 352 g/mol. The monoisotopic (exact) mass is 352 g/mol. The van der Waals surface area contributed by atoms with E-state index in [1.807, 2.05) is 45.2 Å². The molecule has 0 saturated carbocycles. The Morgan fingerprint density at radius 1 is 1.16 bits per heavy atom. The zero-order chi connectivity index (χ0) is 17.8. The summed E-state index contributed by atoms with van der Waals surface area (Å²) in [6, 6.07) is 9.95. The van der Waals surface area contributed by atoms with E-state index in [1.165, 1.54) is 0 Å². The molecule has 0 spiro atoms. The second-order valence-corrected chi connectivity index (χ2v) is 6.93. The molecule has 0 bridgehead atoms. The van der Waals surface area contributed by atoms with Crippen LogP contribution in [0.5, 0.6) is 0 Å². The molecule has 1 amide bonds. The fourth-order valence-electron chi connectivity index (χ4n) is 2.63. The van der Waals surface area contributed by atoms with E-state index in [0.29, 0.717) is 5.56 Å². The highest BCUT2D eigenvalue weighted by Crippen LogP contribution is 2.26. The van der Waals surface area contributed by atoms with E-state index in [9.17, 15) is 4.79 Å². The van der Waals surface area contributed by atoms with Gasteiger partial charge < -0.3 is 5.32 Å². The molecule has 1 N–H and O–H groups in total. The molecular formula is C19H20N4OS. The van der Waals surface area contributed by atoms with E-state index in [-0.39, 0.29) is 5.91 Å². The first kappa shape index (κ1) is 17.2. The Labute approximate surface area is 151 Å². The molecule has 0 atom stereocenters. The molecule has 0 saturated heterocycles. The Hall–Kier alpha value is -2.60. The van der Waals surface area contributed by atoms with E-state index in [4.69, 9.17) is 0 Å². The van der Waals surface area contributed by atoms with Crippen molar-refractivity contribution in [1.82, 2.24) is 14.8 Å². The normalized spacial score (nSPS) is 10.7. The van der Waals surface area contributed by atoms with Crippen molar-refractivity contribution in [2.45, 2.75) is 24.6 Å². The number of carbonyl (C=O) groups is 1. The summed E-state index contributed by atoms with van der Waals surface area (Å²) in [5.41, 5.74) is 4.78. The molecule has 0 aliphatic heterocycles. The van der Waals surface area contributed by atoms with E-state index < -0.39 is 0 Å². The highest BCUT2D eigenvalue weighted by atomic mass is 32.2. The van der Waals surface area contributed by atoms with Gasteiger partial charge in [0.15, 0.2) is 0 Å².